The van der Waals surface area contributed by atoms with Crippen LogP contribution in [0.5, 0.6) is 0 Å². The summed E-state index contributed by atoms with van der Waals surface area (Å²) in [6, 6.07) is 7.67. The van der Waals surface area contributed by atoms with Crippen LogP contribution in [0.15, 0.2) is 47.8 Å². The summed E-state index contributed by atoms with van der Waals surface area (Å²) in [5.74, 6) is -0.689. The highest BCUT2D eigenvalue weighted by atomic mass is 19.4. The van der Waals surface area contributed by atoms with Gasteiger partial charge in [-0.25, -0.2) is 0 Å². The van der Waals surface area contributed by atoms with E-state index in [4.69, 9.17) is 0 Å². The van der Waals surface area contributed by atoms with E-state index in [1.165, 1.54) is 0 Å². The van der Waals surface area contributed by atoms with E-state index in [1.807, 2.05) is 56.1 Å². The number of anilines is 2. The molecular formula is C29H38F6N2O. The van der Waals surface area contributed by atoms with Gasteiger partial charge in [-0.15, -0.1) is 0 Å². The molecule has 0 amide bonds. The average Bonchev–Trinajstić information content (AvgIpc) is 2.80. The quantitative estimate of drug-likeness (QED) is 0.306. The first-order valence-corrected chi connectivity index (χ1v) is 13.1. The highest BCUT2D eigenvalue weighted by Crippen LogP contribution is 2.43. The second-order valence-electron chi connectivity index (χ2n) is 11.9. The molecule has 0 aliphatic carbocycles. The molecule has 1 atom stereocenters. The van der Waals surface area contributed by atoms with Gasteiger partial charge >= 0.3 is 12.4 Å². The van der Waals surface area contributed by atoms with Crippen molar-refractivity contribution >= 4 is 17.2 Å². The van der Waals surface area contributed by atoms with Gasteiger partial charge in [-0.1, -0.05) is 34.6 Å². The number of allylic oxidation sites excluding steroid dienone is 2. The fourth-order valence-electron chi connectivity index (χ4n) is 5.29. The van der Waals surface area contributed by atoms with Crippen LogP contribution in [0.3, 0.4) is 0 Å². The van der Waals surface area contributed by atoms with Crippen molar-refractivity contribution in [3.8, 4) is 0 Å². The number of benzene rings is 1. The first kappa shape index (κ1) is 30.1. The van der Waals surface area contributed by atoms with Crippen molar-refractivity contribution < 1.29 is 31.1 Å². The molecule has 2 aliphatic rings. The summed E-state index contributed by atoms with van der Waals surface area (Å²) in [5, 5.41) is 0. The lowest BCUT2D eigenvalue weighted by molar-refractivity contribution is -0.142. The third kappa shape index (κ3) is 7.79. The summed E-state index contributed by atoms with van der Waals surface area (Å²) in [6.07, 6.45) is -5.90. The first-order chi connectivity index (χ1) is 17.4. The lowest BCUT2D eigenvalue weighted by Gasteiger charge is -2.40. The molecule has 0 saturated heterocycles. The molecule has 0 aromatic heterocycles. The molecule has 2 aliphatic heterocycles. The first-order valence-electron chi connectivity index (χ1n) is 13.1. The van der Waals surface area contributed by atoms with Crippen LogP contribution in [-0.4, -0.2) is 31.2 Å². The number of Topliss-reactive ketones (excluding diaryl/α,β-unsaturated/α-hetero) is 1. The molecule has 1 unspecified atom stereocenters. The number of alkyl halides is 6. The third-order valence-corrected chi connectivity index (χ3v) is 7.89. The third-order valence-electron chi connectivity index (χ3n) is 7.89. The molecular weight excluding hydrogens is 506 g/mol. The van der Waals surface area contributed by atoms with Gasteiger partial charge in [-0.2, -0.15) is 26.3 Å². The van der Waals surface area contributed by atoms with Gasteiger partial charge in [0.2, 0.25) is 0 Å². The van der Waals surface area contributed by atoms with Crippen molar-refractivity contribution in [3.05, 3.63) is 47.8 Å². The standard InChI is InChI=1S/C29H38F6N2O/c1-20(10-12-28(30,31)32)23-18-36(16-14-26(23,2)3)21-6-8-22(9-7-21)37-17-15-27(4,5)24(19-37)25(38)11-13-29(33,34)35/h6-9,18-20H,10-17H2,1-5H3. The smallest absolute Gasteiger partial charge is 0.348 e. The summed E-state index contributed by atoms with van der Waals surface area (Å²) < 4.78 is 76.4. The predicted molar refractivity (Wildman–Crippen MR) is 139 cm³/mol. The van der Waals surface area contributed by atoms with Gasteiger partial charge in [-0.05, 0) is 65.8 Å². The van der Waals surface area contributed by atoms with Crippen LogP contribution in [0.1, 0.15) is 73.1 Å². The number of carbonyl (C=O) groups excluding carboxylic acids is 1. The zero-order chi connectivity index (χ0) is 28.5. The molecule has 0 fully saturated rings. The van der Waals surface area contributed by atoms with Crippen LogP contribution in [0, 0.1) is 16.7 Å². The van der Waals surface area contributed by atoms with E-state index in [-0.39, 0.29) is 17.8 Å². The van der Waals surface area contributed by atoms with Gasteiger partial charge in [0, 0.05) is 55.3 Å². The molecule has 9 heteroatoms. The number of ketones is 1. The molecule has 0 spiro atoms. The molecule has 38 heavy (non-hydrogen) atoms. The Balaban J connectivity index is 1.78. The maximum absolute atomic E-state index is 12.8. The Labute approximate surface area is 221 Å². The van der Waals surface area contributed by atoms with Crippen molar-refractivity contribution in [2.45, 2.75) is 85.5 Å². The van der Waals surface area contributed by atoms with Gasteiger partial charge in [0.05, 0.1) is 6.42 Å². The summed E-state index contributed by atoms with van der Waals surface area (Å²) in [5.41, 5.74) is 2.43. The van der Waals surface area contributed by atoms with E-state index in [2.05, 4.69) is 18.7 Å². The van der Waals surface area contributed by atoms with E-state index < -0.39 is 42.8 Å². The minimum absolute atomic E-state index is 0.0488. The second kappa shape index (κ2) is 11.0. The van der Waals surface area contributed by atoms with Crippen molar-refractivity contribution in [1.82, 2.24) is 0 Å². The van der Waals surface area contributed by atoms with E-state index in [1.54, 1.807) is 6.20 Å². The molecule has 3 rings (SSSR count). The SMILES string of the molecule is CC(CCC(F)(F)F)C1=CN(c2ccc(N3C=C(C(=O)CCC(F)(F)F)C(C)(C)CC3)cc2)CCC1(C)C. The number of carbonyl (C=O) groups is 1. The summed E-state index contributed by atoms with van der Waals surface area (Å²) in [6.45, 7) is 11.1. The van der Waals surface area contributed by atoms with Crippen molar-refractivity contribution in [2.24, 2.45) is 16.7 Å². The second-order valence-corrected chi connectivity index (χ2v) is 11.9. The van der Waals surface area contributed by atoms with Crippen LogP contribution >= 0.6 is 0 Å². The van der Waals surface area contributed by atoms with Gasteiger partial charge < -0.3 is 9.80 Å². The van der Waals surface area contributed by atoms with Crippen LogP contribution < -0.4 is 9.80 Å². The minimum atomic E-state index is -4.38. The van der Waals surface area contributed by atoms with Crippen LogP contribution in [0.4, 0.5) is 37.7 Å². The Kier molecular flexibility index (Phi) is 8.69. The molecule has 212 valence electrons. The van der Waals surface area contributed by atoms with Crippen LogP contribution in [-0.2, 0) is 4.79 Å². The van der Waals surface area contributed by atoms with Crippen molar-refractivity contribution in [3.63, 3.8) is 0 Å². The number of hydrogen-bond acceptors (Lipinski definition) is 3. The minimum Gasteiger partial charge on any atom is -0.348 e. The lowest BCUT2D eigenvalue weighted by Crippen LogP contribution is -2.35. The highest BCUT2D eigenvalue weighted by Gasteiger charge is 2.37. The Hall–Kier alpha value is -2.45. The van der Waals surface area contributed by atoms with E-state index in [9.17, 15) is 31.1 Å². The summed E-state index contributed by atoms with van der Waals surface area (Å²) >= 11 is 0. The Morgan fingerprint density at radius 1 is 0.816 bits per heavy atom. The number of hydrogen-bond donors (Lipinski definition) is 0. The molecule has 2 heterocycles. The maximum atomic E-state index is 12.8. The number of rotatable bonds is 8. The highest BCUT2D eigenvalue weighted by molar-refractivity contribution is 5.97. The van der Waals surface area contributed by atoms with Crippen molar-refractivity contribution in [2.75, 3.05) is 22.9 Å². The normalized spacial score (nSPS) is 20.6. The number of nitrogens with zero attached hydrogens (tertiary/aromatic N) is 2. The topological polar surface area (TPSA) is 23.6 Å². The van der Waals surface area contributed by atoms with E-state index >= 15 is 0 Å². The molecule has 0 saturated carbocycles. The summed E-state index contributed by atoms with van der Waals surface area (Å²) in [7, 11) is 0. The molecule has 0 radical (unpaired) electrons. The zero-order valence-electron chi connectivity index (χ0n) is 22.8. The van der Waals surface area contributed by atoms with E-state index in [0.29, 0.717) is 18.5 Å². The Morgan fingerprint density at radius 2 is 1.29 bits per heavy atom. The number of halogens is 6. The average molecular weight is 545 g/mol. The van der Waals surface area contributed by atoms with Crippen LogP contribution in [0.2, 0.25) is 0 Å². The van der Waals surface area contributed by atoms with Gasteiger partial charge in [0.1, 0.15) is 0 Å². The monoisotopic (exact) mass is 544 g/mol. The predicted octanol–water partition coefficient (Wildman–Crippen LogP) is 8.82. The van der Waals surface area contributed by atoms with Gasteiger partial charge in [0.25, 0.3) is 0 Å². The Morgan fingerprint density at radius 3 is 1.79 bits per heavy atom. The fraction of sp³-hybridized carbons (Fsp3) is 0.621. The lowest BCUT2D eigenvalue weighted by atomic mass is 9.73. The van der Waals surface area contributed by atoms with Gasteiger partial charge in [-0.3, -0.25) is 4.79 Å². The molecule has 0 N–H and O–H groups in total. The van der Waals surface area contributed by atoms with Crippen molar-refractivity contribution in [1.29, 1.82) is 0 Å². The van der Waals surface area contributed by atoms with Gasteiger partial charge in [0.15, 0.2) is 5.78 Å². The zero-order valence-corrected chi connectivity index (χ0v) is 22.8. The largest absolute Gasteiger partial charge is 0.389 e. The maximum Gasteiger partial charge on any atom is 0.389 e. The Bertz CT molecular complexity index is 1050. The fourth-order valence-corrected chi connectivity index (χ4v) is 5.29. The molecule has 1 aromatic carbocycles. The molecule has 1 aromatic rings. The van der Waals surface area contributed by atoms with E-state index in [0.717, 1.165) is 29.9 Å². The molecule has 0 bridgehead atoms. The summed E-state index contributed by atoms with van der Waals surface area (Å²) in [4.78, 5) is 16.6. The van der Waals surface area contributed by atoms with Crippen LogP contribution in [0.25, 0.3) is 0 Å². The molecule has 3 nitrogen and oxygen atoms in total.